The van der Waals surface area contributed by atoms with Crippen molar-refractivity contribution in [3.8, 4) is 0 Å². The Morgan fingerprint density at radius 3 is 2.55 bits per heavy atom. The van der Waals surface area contributed by atoms with Gasteiger partial charge in [-0.25, -0.2) is 0 Å². The Kier molecular flexibility index (Phi) is 4.71. The van der Waals surface area contributed by atoms with E-state index in [-0.39, 0.29) is 11.9 Å². The molecule has 0 saturated carbocycles. The van der Waals surface area contributed by atoms with Crippen molar-refractivity contribution in [2.24, 2.45) is 0 Å². The third-order valence-electron chi connectivity index (χ3n) is 3.11. The highest BCUT2D eigenvalue weighted by Crippen LogP contribution is 2.18. The van der Waals surface area contributed by atoms with Crippen LogP contribution in [0.4, 0.5) is 5.69 Å². The number of carbonyl (C=O) groups is 1. The molecule has 2 aromatic rings. The van der Waals surface area contributed by atoms with Crippen molar-refractivity contribution >= 4 is 11.6 Å². The summed E-state index contributed by atoms with van der Waals surface area (Å²) in [6.07, 6.45) is 2.20. The molecule has 1 amide bonds. The van der Waals surface area contributed by atoms with Crippen LogP contribution in [0, 0.1) is 0 Å². The average Bonchev–Trinajstić information content (AvgIpc) is 2.50. The van der Waals surface area contributed by atoms with Crippen LogP contribution in [-0.2, 0) is 11.2 Å². The van der Waals surface area contributed by atoms with Gasteiger partial charge in [-0.15, -0.1) is 0 Å². The van der Waals surface area contributed by atoms with Gasteiger partial charge >= 0.3 is 0 Å². The molecule has 2 N–H and O–H groups in total. The second-order valence-electron chi connectivity index (χ2n) is 4.67. The smallest absolute Gasteiger partial charge is 0.224 e. The van der Waals surface area contributed by atoms with Crippen LogP contribution in [0.5, 0.6) is 0 Å². The number of carbonyl (C=O) groups excluding carboxylic acids is 1. The number of hydrogen-bond donors (Lipinski definition) is 2. The molecule has 20 heavy (non-hydrogen) atoms. The largest absolute Gasteiger partial charge is 0.377 e. The molecule has 104 valence electrons. The first-order valence-corrected chi connectivity index (χ1v) is 6.66. The van der Waals surface area contributed by atoms with Gasteiger partial charge in [0.25, 0.3) is 0 Å². The van der Waals surface area contributed by atoms with Crippen molar-refractivity contribution in [1.29, 1.82) is 0 Å². The Bertz CT molecular complexity index is 552. The van der Waals surface area contributed by atoms with Crippen LogP contribution in [-0.4, -0.2) is 17.9 Å². The van der Waals surface area contributed by atoms with Gasteiger partial charge < -0.3 is 10.6 Å². The lowest BCUT2D eigenvalue weighted by molar-refractivity contribution is -0.119. The van der Waals surface area contributed by atoms with Crippen LogP contribution in [0.3, 0.4) is 0 Å². The molecule has 0 saturated heterocycles. The topological polar surface area (TPSA) is 54.0 Å². The van der Waals surface area contributed by atoms with Crippen molar-refractivity contribution in [2.75, 3.05) is 12.4 Å². The quantitative estimate of drug-likeness (QED) is 0.877. The lowest BCUT2D eigenvalue weighted by Gasteiger charge is -2.15. The van der Waals surface area contributed by atoms with Crippen molar-refractivity contribution in [3.63, 3.8) is 0 Å². The standard InChI is InChI=1S/C16H19N3O/c1-12(15-5-3-4-10-18-15)19-14-8-6-13(7-9-14)11-16(20)17-2/h3-10,12,19H,11H2,1-2H3,(H,17,20). The number of anilines is 1. The molecule has 1 heterocycles. The maximum absolute atomic E-state index is 11.3. The fourth-order valence-electron chi connectivity index (χ4n) is 1.95. The van der Waals surface area contributed by atoms with Crippen molar-refractivity contribution in [3.05, 3.63) is 59.9 Å². The van der Waals surface area contributed by atoms with Gasteiger partial charge in [0, 0.05) is 18.9 Å². The minimum Gasteiger partial charge on any atom is -0.377 e. The van der Waals surface area contributed by atoms with Gasteiger partial charge in [0.05, 0.1) is 18.2 Å². The van der Waals surface area contributed by atoms with E-state index in [4.69, 9.17) is 0 Å². The zero-order chi connectivity index (χ0) is 14.4. The summed E-state index contributed by atoms with van der Waals surface area (Å²) in [6.45, 7) is 2.07. The minimum atomic E-state index is 0.0209. The number of likely N-dealkylation sites (N-methyl/N-ethyl adjacent to an activating group) is 1. The number of nitrogens with zero attached hydrogens (tertiary/aromatic N) is 1. The second-order valence-corrected chi connectivity index (χ2v) is 4.67. The maximum Gasteiger partial charge on any atom is 0.224 e. The van der Waals surface area contributed by atoms with Crippen LogP contribution in [0.1, 0.15) is 24.2 Å². The molecule has 0 fully saturated rings. The molecule has 1 aromatic carbocycles. The minimum absolute atomic E-state index is 0.0209. The zero-order valence-electron chi connectivity index (χ0n) is 11.8. The number of amides is 1. The molecule has 0 radical (unpaired) electrons. The number of pyridine rings is 1. The fourth-order valence-corrected chi connectivity index (χ4v) is 1.95. The molecule has 4 heteroatoms. The Labute approximate surface area is 119 Å². The third-order valence-corrected chi connectivity index (χ3v) is 3.11. The lowest BCUT2D eigenvalue weighted by Crippen LogP contribution is -2.19. The van der Waals surface area contributed by atoms with Gasteiger partial charge in [-0.2, -0.15) is 0 Å². The van der Waals surface area contributed by atoms with Gasteiger partial charge in [0.1, 0.15) is 0 Å². The molecule has 0 bridgehead atoms. The van der Waals surface area contributed by atoms with E-state index < -0.39 is 0 Å². The normalized spacial score (nSPS) is 11.7. The highest BCUT2D eigenvalue weighted by Gasteiger charge is 2.06. The molecular formula is C16H19N3O. The van der Waals surface area contributed by atoms with E-state index in [0.29, 0.717) is 6.42 Å². The van der Waals surface area contributed by atoms with Gasteiger partial charge in [0.15, 0.2) is 0 Å². The van der Waals surface area contributed by atoms with Crippen molar-refractivity contribution in [1.82, 2.24) is 10.3 Å². The number of aromatic nitrogens is 1. The summed E-state index contributed by atoms with van der Waals surface area (Å²) in [5, 5.41) is 6.01. The molecule has 2 rings (SSSR count). The molecule has 4 nitrogen and oxygen atoms in total. The molecule has 0 aliphatic heterocycles. The number of benzene rings is 1. The van der Waals surface area contributed by atoms with Crippen LogP contribution in [0.2, 0.25) is 0 Å². The summed E-state index contributed by atoms with van der Waals surface area (Å²) < 4.78 is 0. The van der Waals surface area contributed by atoms with Crippen molar-refractivity contribution in [2.45, 2.75) is 19.4 Å². The summed E-state index contributed by atoms with van der Waals surface area (Å²) in [7, 11) is 1.65. The second kappa shape index (κ2) is 6.70. The Balaban J connectivity index is 1.98. The van der Waals surface area contributed by atoms with Crippen LogP contribution < -0.4 is 10.6 Å². The van der Waals surface area contributed by atoms with Gasteiger partial charge in [-0.3, -0.25) is 9.78 Å². The summed E-state index contributed by atoms with van der Waals surface area (Å²) in [5.74, 6) is 0.0209. The van der Waals surface area contributed by atoms with Gasteiger partial charge in [-0.1, -0.05) is 18.2 Å². The van der Waals surface area contributed by atoms with E-state index in [1.54, 1.807) is 13.2 Å². The number of rotatable bonds is 5. The van der Waals surface area contributed by atoms with E-state index in [1.165, 1.54) is 0 Å². The first-order chi connectivity index (χ1) is 9.69. The number of nitrogens with one attached hydrogen (secondary N) is 2. The summed E-state index contributed by atoms with van der Waals surface area (Å²) in [5.41, 5.74) is 3.02. The first-order valence-electron chi connectivity index (χ1n) is 6.66. The summed E-state index contributed by atoms with van der Waals surface area (Å²) in [4.78, 5) is 15.6. The average molecular weight is 269 g/mol. The van der Waals surface area contributed by atoms with Crippen molar-refractivity contribution < 1.29 is 4.79 Å². The number of hydrogen-bond acceptors (Lipinski definition) is 3. The molecule has 1 atom stereocenters. The molecule has 0 aliphatic rings. The highest BCUT2D eigenvalue weighted by atomic mass is 16.1. The van der Waals surface area contributed by atoms with Gasteiger partial charge in [-0.05, 0) is 36.8 Å². The SMILES string of the molecule is CNC(=O)Cc1ccc(NC(C)c2ccccn2)cc1. The zero-order valence-corrected chi connectivity index (χ0v) is 11.8. The van der Waals surface area contributed by atoms with E-state index in [2.05, 4.69) is 22.5 Å². The summed E-state index contributed by atoms with van der Waals surface area (Å²) in [6, 6.07) is 13.9. The van der Waals surface area contributed by atoms with E-state index in [0.717, 1.165) is 16.9 Å². The third kappa shape index (κ3) is 3.82. The monoisotopic (exact) mass is 269 g/mol. The molecule has 0 aliphatic carbocycles. The Morgan fingerprint density at radius 2 is 1.95 bits per heavy atom. The molecule has 0 spiro atoms. The summed E-state index contributed by atoms with van der Waals surface area (Å²) >= 11 is 0. The predicted octanol–water partition coefficient (Wildman–Crippen LogP) is 2.54. The Hall–Kier alpha value is -2.36. The lowest BCUT2D eigenvalue weighted by atomic mass is 10.1. The van der Waals surface area contributed by atoms with Crippen LogP contribution in [0.25, 0.3) is 0 Å². The fraction of sp³-hybridized carbons (Fsp3) is 0.250. The Morgan fingerprint density at radius 1 is 1.20 bits per heavy atom. The van der Waals surface area contributed by atoms with E-state index in [1.807, 2.05) is 42.5 Å². The highest BCUT2D eigenvalue weighted by molar-refractivity contribution is 5.78. The predicted molar refractivity (Wildman–Crippen MR) is 80.5 cm³/mol. The molecular weight excluding hydrogens is 250 g/mol. The van der Waals surface area contributed by atoms with E-state index >= 15 is 0 Å². The van der Waals surface area contributed by atoms with E-state index in [9.17, 15) is 4.79 Å². The molecule has 1 unspecified atom stereocenters. The van der Waals surface area contributed by atoms with Crippen LogP contribution in [0.15, 0.2) is 48.7 Å². The first kappa shape index (κ1) is 14.1. The van der Waals surface area contributed by atoms with Gasteiger partial charge in [0.2, 0.25) is 5.91 Å². The van der Waals surface area contributed by atoms with Crippen LogP contribution >= 0.6 is 0 Å². The maximum atomic E-state index is 11.3. The molecule has 1 aromatic heterocycles.